The van der Waals surface area contributed by atoms with E-state index in [-0.39, 0.29) is 5.82 Å². The minimum absolute atomic E-state index is 0.118. The molecule has 0 saturated carbocycles. The molecule has 1 aromatic carbocycles. The highest BCUT2D eigenvalue weighted by atomic mass is 79.9. The van der Waals surface area contributed by atoms with Crippen molar-refractivity contribution in [1.82, 2.24) is 0 Å². The van der Waals surface area contributed by atoms with Gasteiger partial charge >= 0.3 is 0 Å². The lowest BCUT2D eigenvalue weighted by Gasteiger charge is -1.97. The van der Waals surface area contributed by atoms with Gasteiger partial charge in [-0.2, -0.15) is 0 Å². The zero-order valence-electron chi connectivity index (χ0n) is 7.51. The molecule has 0 saturated heterocycles. The van der Waals surface area contributed by atoms with Crippen molar-refractivity contribution in [2.75, 3.05) is 6.26 Å². The molecule has 0 aliphatic heterocycles. The molecular weight excluding hydrogens is 283 g/mol. The molecule has 0 spiro atoms. The summed E-state index contributed by atoms with van der Waals surface area (Å²) in [4.78, 5) is 1.95. The maximum absolute atomic E-state index is 13.4. The van der Waals surface area contributed by atoms with E-state index in [1.54, 1.807) is 17.4 Å². The smallest absolute Gasteiger partial charge is 0.138 e. The number of thiophene rings is 1. The van der Waals surface area contributed by atoms with E-state index in [0.29, 0.717) is 0 Å². The molecule has 4 heteroatoms. The first-order chi connectivity index (χ1) is 6.74. The molecule has 74 valence electrons. The third kappa shape index (κ3) is 1.83. The lowest BCUT2D eigenvalue weighted by molar-refractivity contribution is 0.605. The quantitative estimate of drug-likeness (QED) is 0.573. The van der Waals surface area contributed by atoms with Gasteiger partial charge in [-0.05, 0) is 29.8 Å². The summed E-state index contributed by atoms with van der Waals surface area (Å²) in [6.45, 7) is 0. The second-order valence-corrected chi connectivity index (χ2v) is 5.45. The Bertz CT molecular complexity index is 464. The fourth-order valence-electron chi connectivity index (χ4n) is 1.32. The van der Waals surface area contributed by atoms with E-state index in [9.17, 15) is 4.39 Å². The van der Waals surface area contributed by atoms with Gasteiger partial charge in [0.25, 0.3) is 0 Å². The molecule has 0 N–H and O–H groups in total. The zero-order valence-corrected chi connectivity index (χ0v) is 10.7. The maximum Gasteiger partial charge on any atom is 0.138 e. The first-order valence-electron chi connectivity index (χ1n) is 4.06. The fraction of sp³-hybridized carbons (Fsp3) is 0.200. The van der Waals surface area contributed by atoms with Crippen LogP contribution in [0.5, 0.6) is 0 Å². The van der Waals surface area contributed by atoms with Gasteiger partial charge in [-0.15, -0.1) is 23.1 Å². The number of thioether (sulfide) groups is 1. The zero-order chi connectivity index (χ0) is 10.1. The van der Waals surface area contributed by atoms with Crippen LogP contribution in [0.25, 0.3) is 10.1 Å². The molecule has 0 radical (unpaired) electrons. The normalized spacial score (nSPS) is 11.1. The molecule has 2 aromatic rings. The Morgan fingerprint density at radius 1 is 1.43 bits per heavy atom. The van der Waals surface area contributed by atoms with Crippen molar-refractivity contribution in [2.24, 2.45) is 0 Å². The summed E-state index contributed by atoms with van der Waals surface area (Å²) in [5, 5.41) is 1.97. The van der Waals surface area contributed by atoms with Gasteiger partial charge in [-0.1, -0.05) is 15.9 Å². The van der Waals surface area contributed by atoms with E-state index in [1.165, 1.54) is 16.6 Å². The highest BCUT2D eigenvalue weighted by molar-refractivity contribution is 9.08. The van der Waals surface area contributed by atoms with E-state index >= 15 is 0 Å². The molecule has 0 unspecified atom stereocenters. The molecule has 0 aliphatic carbocycles. The van der Waals surface area contributed by atoms with Gasteiger partial charge in [0.2, 0.25) is 0 Å². The number of hydrogen-bond acceptors (Lipinski definition) is 2. The van der Waals surface area contributed by atoms with Crippen LogP contribution >= 0.6 is 39.0 Å². The summed E-state index contributed by atoms with van der Waals surface area (Å²) >= 11 is 6.48. The predicted molar refractivity (Wildman–Crippen MR) is 66.2 cm³/mol. The van der Waals surface area contributed by atoms with Gasteiger partial charge < -0.3 is 0 Å². The van der Waals surface area contributed by atoms with E-state index in [0.717, 1.165) is 20.3 Å². The predicted octanol–water partition coefficient (Wildman–Crippen LogP) is 4.66. The number of hydrogen-bond donors (Lipinski definition) is 0. The Kier molecular flexibility index (Phi) is 3.14. The molecule has 0 aliphatic rings. The Morgan fingerprint density at radius 2 is 2.21 bits per heavy atom. The molecule has 0 amide bonds. The first kappa shape index (κ1) is 10.5. The highest BCUT2D eigenvalue weighted by Crippen LogP contribution is 2.32. The summed E-state index contributed by atoms with van der Waals surface area (Å²) in [7, 11) is 0. The summed E-state index contributed by atoms with van der Waals surface area (Å²) < 4.78 is 14.4. The minimum atomic E-state index is -0.118. The van der Waals surface area contributed by atoms with Crippen LogP contribution in [-0.2, 0) is 5.33 Å². The number of benzene rings is 1. The third-order valence-corrected chi connectivity index (χ3v) is 4.80. The van der Waals surface area contributed by atoms with Crippen LogP contribution in [-0.4, -0.2) is 6.26 Å². The minimum Gasteiger partial charge on any atom is -0.206 e. The Balaban J connectivity index is 2.64. The third-order valence-electron chi connectivity index (χ3n) is 1.97. The van der Waals surface area contributed by atoms with Crippen LogP contribution in [0.2, 0.25) is 0 Å². The molecule has 0 atom stereocenters. The SMILES string of the molecule is CSc1cc2cc(CBr)sc2cc1F. The molecule has 14 heavy (non-hydrogen) atoms. The van der Waals surface area contributed by atoms with E-state index in [2.05, 4.69) is 22.0 Å². The van der Waals surface area contributed by atoms with E-state index in [1.807, 2.05) is 12.3 Å². The largest absolute Gasteiger partial charge is 0.206 e. The monoisotopic (exact) mass is 290 g/mol. The Hall–Kier alpha value is -0.0600. The highest BCUT2D eigenvalue weighted by Gasteiger charge is 2.06. The number of fused-ring (bicyclic) bond motifs is 1. The number of alkyl halides is 1. The topological polar surface area (TPSA) is 0 Å². The van der Waals surface area contributed by atoms with Crippen LogP contribution in [0.15, 0.2) is 23.1 Å². The maximum atomic E-state index is 13.4. The number of halogens is 2. The molecule has 0 bridgehead atoms. The lowest BCUT2D eigenvalue weighted by atomic mass is 10.2. The van der Waals surface area contributed by atoms with Crippen molar-refractivity contribution in [3.8, 4) is 0 Å². The van der Waals surface area contributed by atoms with Crippen molar-refractivity contribution in [3.05, 3.63) is 28.9 Å². The second kappa shape index (κ2) is 4.21. The van der Waals surface area contributed by atoms with Crippen LogP contribution in [0.3, 0.4) is 0 Å². The average molecular weight is 291 g/mol. The van der Waals surface area contributed by atoms with Gasteiger partial charge in [0.05, 0.1) is 0 Å². The fourth-order valence-corrected chi connectivity index (χ4v) is 3.24. The number of rotatable bonds is 2. The Morgan fingerprint density at radius 3 is 2.86 bits per heavy atom. The van der Waals surface area contributed by atoms with E-state index < -0.39 is 0 Å². The summed E-state index contributed by atoms with van der Waals surface area (Å²) in [5.74, 6) is -0.118. The molecule has 2 rings (SSSR count). The Labute approximate surface area is 98.6 Å². The van der Waals surface area contributed by atoms with Crippen LogP contribution in [0.1, 0.15) is 4.88 Å². The van der Waals surface area contributed by atoms with Crippen molar-refractivity contribution >= 4 is 49.1 Å². The van der Waals surface area contributed by atoms with E-state index in [4.69, 9.17) is 0 Å². The van der Waals surface area contributed by atoms with Crippen molar-refractivity contribution in [3.63, 3.8) is 0 Å². The molecule has 1 aromatic heterocycles. The van der Waals surface area contributed by atoms with Gasteiger partial charge in [0.15, 0.2) is 0 Å². The van der Waals surface area contributed by atoms with Crippen molar-refractivity contribution < 1.29 is 4.39 Å². The van der Waals surface area contributed by atoms with Gasteiger partial charge in [-0.3, -0.25) is 0 Å². The van der Waals surface area contributed by atoms with Gasteiger partial charge in [0.1, 0.15) is 5.82 Å². The molecule has 1 heterocycles. The van der Waals surface area contributed by atoms with Crippen LogP contribution < -0.4 is 0 Å². The molecular formula is C10H8BrFS2. The van der Waals surface area contributed by atoms with Crippen LogP contribution in [0.4, 0.5) is 4.39 Å². The average Bonchev–Trinajstić information content (AvgIpc) is 2.58. The molecule has 0 nitrogen and oxygen atoms in total. The van der Waals surface area contributed by atoms with Crippen molar-refractivity contribution in [1.29, 1.82) is 0 Å². The summed E-state index contributed by atoms with van der Waals surface area (Å²) in [6.07, 6.45) is 1.89. The summed E-state index contributed by atoms with van der Waals surface area (Å²) in [6, 6.07) is 5.64. The lowest BCUT2D eigenvalue weighted by Crippen LogP contribution is -1.77. The second-order valence-electron chi connectivity index (χ2n) is 2.87. The first-order valence-corrected chi connectivity index (χ1v) is 7.23. The van der Waals surface area contributed by atoms with Gasteiger partial charge in [-0.25, -0.2) is 4.39 Å². The molecule has 0 fully saturated rings. The summed E-state index contributed by atoms with van der Waals surface area (Å²) in [5.41, 5.74) is 0. The van der Waals surface area contributed by atoms with Crippen LogP contribution in [0, 0.1) is 5.82 Å². The van der Waals surface area contributed by atoms with Crippen molar-refractivity contribution in [2.45, 2.75) is 10.2 Å². The van der Waals surface area contributed by atoms with Gasteiger partial charge in [0, 0.05) is 19.8 Å². The standard InChI is InChI=1S/C10H8BrFS2/c1-13-10-3-6-2-7(5-11)14-9(6)4-8(10)12/h2-4H,5H2,1H3.